The number of ether oxygens (including phenoxy) is 2. The third kappa shape index (κ3) is 5.55. The number of aryl methyl sites for hydroxylation is 1. The lowest BCUT2D eigenvalue weighted by atomic mass is 10.2. The van der Waals surface area contributed by atoms with Gasteiger partial charge in [0.2, 0.25) is 0 Å². The van der Waals surface area contributed by atoms with Gasteiger partial charge in [-0.1, -0.05) is 28.1 Å². The fraction of sp³-hybridized carbons (Fsp3) is 0.120. The van der Waals surface area contributed by atoms with Crippen molar-refractivity contribution in [3.05, 3.63) is 92.7 Å². The maximum Gasteiger partial charge on any atom is 0.282 e. The molecule has 0 saturated heterocycles. The maximum atomic E-state index is 13.7. The molecule has 0 aliphatic carbocycles. The van der Waals surface area contributed by atoms with Crippen LogP contribution in [0.5, 0.6) is 11.5 Å². The van der Waals surface area contributed by atoms with E-state index in [2.05, 4.69) is 31.3 Å². The van der Waals surface area contributed by atoms with E-state index in [0.29, 0.717) is 33.8 Å². The molecular weight excluding hydrogens is 519 g/mol. The number of amides is 1. The van der Waals surface area contributed by atoms with E-state index in [4.69, 9.17) is 9.47 Å². The first-order valence-corrected chi connectivity index (χ1v) is 11.2. The van der Waals surface area contributed by atoms with Crippen molar-refractivity contribution in [3.63, 3.8) is 0 Å². The van der Waals surface area contributed by atoms with Crippen molar-refractivity contribution < 1.29 is 18.7 Å². The third-order valence-electron chi connectivity index (χ3n) is 4.99. The van der Waals surface area contributed by atoms with E-state index in [-0.39, 0.29) is 17.9 Å². The molecule has 10 heteroatoms. The fourth-order valence-electron chi connectivity index (χ4n) is 3.30. The second-order valence-corrected chi connectivity index (χ2v) is 8.32. The molecule has 0 radical (unpaired) electrons. The zero-order valence-electron chi connectivity index (χ0n) is 18.8. The summed E-state index contributed by atoms with van der Waals surface area (Å²) in [5, 5.41) is 7.19. The summed E-state index contributed by atoms with van der Waals surface area (Å²) in [6.45, 7) is 1.36. The van der Waals surface area contributed by atoms with Crippen LogP contribution in [0.25, 0.3) is 10.9 Å². The van der Waals surface area contributed by atoms with E-state index in [1.807, 2.05) is 6.07 Å². The van der Waals surface area contributed by atoms with Gasteiger partial charge >= 0.3 is 0 Å². The Hall–Kier alpha value is -4.05. The maximum absolute atomic E-state index is 13.7. The van der Waals surface area contributed by atoms with E-state index in [1.54, 1.807) is 43.3 Å². The van der Waals surface area contributed by atoms with Gasteiger partial charge in [-0.3, -0.25) is 9.59 Å². The zero-order chi connectivity index (χ0) is 24.9. The van der Waals surface area contributed by atoms with Gasteiger partial charge in [-0.05, 0) is 61.0 Å². The van der Waals surface area contributed by atoms with Crippen LogP contribution in [-0.2, 0) is 4.79 Å². The molecule has 0 aliphatic heterocycles. The van der Waals surface area contributed by atoms with E-state index < -0.39 is 11.7 Å². The van der Waals surface area contributed by atoms with Gasteiger partial charge < -0.3 is 14.8 Å². The second kappa shape index (κ2) is 10.5. The van der Waals surface area contributed by atoms with Crippen LogP contribution in [0.15, 0.2) is 75.0 Å². The van der Waals surface area contributed by atoms with Crippen molar-refractivity contribution >= 4 is 44.6 Å². The topological polar surface area (TPSA) is 94.8 Å². The summed E-state index contributed by atoms with van der Waals surface area (Å²) in [7, 11) is 1.46. The van der Waals surface area contributed by atoms with E-state index in [1.165, 1.54) is 36.2 Å². The van der Waals surface area contributed by atoms with Gasteiger partial charge in [0.05, 0.1) is 29.9 Å². The number of nitrogens with one attached hydrogen (secondary N) is 1. The number of halogens is 2. The molecule has 0 spiro atoms. The highest BCUT2D eigenvalue weighted by Crippen LogP contribution is 2.27. The van der Waals surface area contributed by atoms with E-state index in [9.17, 15) is 14.0 Å². The monoisotopic (exact) mass is 538 g/mol. The van der Waals surface area contributed by atoms with Crippen LogP contribution >= 0.6 is 15.9 Å². The minimum atomic E-state index is -0.536. The van der Waals surface area contributed by atoms with Crippen molar-refractivity contribution in [1.82, 2.24) is 9.66 Å². The average molecular weight is 539 g/mol. The van der Waals surface area contributed by atoms with Gasteiger partial charge in [0.15, 0.2) is 18.1 Å². The number of para-hydroxylation sites is 1. The van der Waals surface area contributed by atoms with E-state index in [0.717, 1.165) is 4.47 Å². The Morgan fingerprint density at radius 2 is 1.97 bits per heavy atom. The first-order valence-electron chi connectivity index (χ1n) is 10.4. The fourth-order valence-corrected chi connectivity index (χ4v) is 3.66. The number of nitrogens with zero attached hydrogens (tertiary/aromatic N) is 3. The number of rotatable bonds is 7. The van der Waals surface area contributed by atoms with Crippen LogP contribution in [0, 0.1) is 12.7 Å². The zero-order valence-corrected chi connectivity index (χ0v) is 20.4. The molecule has 4 aromatic rings. The summed E-state index contributed by atoms with van der Waals surface area (Å²) in [5.41, 5.74) is 0.994. The van der Waals surface area contributed by atoms with Gasteiger partial charge in [-0.2, -0.15) is 9.78 Å². The highest BCUT2D eigenvalue weighted by molar-refractivity contribution is 9.10. The first kappa shape index (κ1) is 24.1. The van der Waals surface area contributed by atoms with Crippen molar-refractivity contribution in [2.75, 3.05) is 19.0 Å². The number of fused-ring (bicyclic) bond motifs is 1. The highest BCUT2D eigenvalue weighted by Gasteiger charge is 2.11. The third-order valence-corrected chi connectivity index (χ3v) is 5.48. The van der Waals surface area contributed by atoms with Crippen LogP contribution < -0.4 is 20.3 Å². The Labute approximate surface area is 208 Å². The van der Waals surface area contributed by atoms with Crippen molar-refractivity contribution in [3.8, 4) is 11.5 Å². The van der Waals surface area contributed by atoms with Crippen LogP contribution in [0.2, 0.25) is 0 Å². The smallest absolute Gasteiger partial charge is 0.282 e. The highest BCUT2D eigenvalue weighted by atomic mass is 79.9. The van der Waals surface area contributed by atoms with Crippen molar-refractivity contribution in [2.45, 2.75) is 6.92 Å². The Morgan fingerprint density at radius 1 is 1.17 bits per heavy atom. The first-order chi connectivity index (χ1) is 16.9. The number of aromatic nitrogens is 2. The number of carbonyl (C=O) groups is 1. The molecular formula is C25H20BrFN4O4. The Morgan fingerprint density at radius 3 is 2.74 bits per heavy atom. The van der Waals surface area contributed by atoms with Crippen LogP contribution in [0.4, 0.5) is 10.1 Å². The van der Waals surface area contributed by atoms with Gasteiger partial charge in [0, 0.05) is 4.47 Å². The lowest BCUT2D eigenvalue weighted by Crippen LogP contribution is -2.21. The normalized spacial score (nSPS) is 11.1. The standard InChI is InChI=1S/C25H20BrFN4O4/c1-15-29-20-9-8-17(26)12-18(20)25(33)31(15)28-13-16-7-10-22(23(11-16)34-2)35-14-24(32)30-21-6-4-3-5-19(21)27/h3-13H,14H2,1-2H3,(H,30,32). The summed E-state index contributed by atoms with van der Waals surface area (Å²) < 4.78 is 26.6. The van der Waals surface area contributed by atoms with Crippen LogP contribution in [0.1, 0.15) is 11.4 Å². The summed E-state index contributed by atoms with van der Waals surface area (Å²) in [6, 6.07) is 16.1. The lowest BCUT2D eigenvalue weighted by molar-refractivity contribution is -0.118. The summed E-state index contributed by atoms with van der Waals surface area (Å²) in [6.07, 6.45) is 1.50. The predicted molar refractivity (Wildman–Crippen MR) is 135 cm³/mol. The number of methoxy groups -OCH3 is 1. The number of anilines is 1. The molecule has 0 unspecified atom stereocenters. The second-order valence-electron chi connectivity index (χ2n) is 7.41. The number of benzene rings is 3. The molecule has 8 nitrogen and oxygen atoms in total. The molecule has 0 bridgehead atoms. The molecule has 3 aromatic carbocycles. The molecule has 1 aromatic heterocycles. The number of hydrogen-bond donors (Lipinski definition) is 1. The molecule has 1 amide bonds. The SMILES string of the molecule is COc1cc(C=Nn2c(C)nc3ccc(Br)cc3c2=O)ccc1OCC(=O)Nc1ccccc1F. The lowest BCUT2D eigenvalue weighted by Gasteiger charge is -2.12. The summed E-state index contributed by atoms with van der Waals surface area (Å²) in [4.78, 5) is 29.5. The van der Waals surface area contributed by atoms with Gasteiger partial charge in [0.25, 0.3) is 11.5 Å². The minimum Gasteiger partial charge on any atom is -0.493 e. The number of hydrogen-bond acceptors (Lipinski definition) is 6. The molecule has 0 fully saturated rings. The Bertz CT molecular complexity index is 1500. The van der Waals surface area contributed by atoms with Crippen molar-refractivity contribution in [1.29, 1.82) is 0 Å². The molecule has 0 aliphatic rings. The summed E-state index contributed by atoms with van der Waals surface area (Å²) in [5.74, 6) is 0.0591. The molecule has 35 heavy (non-hydrogen) atoms. The quantitative estimate of drug-likeness (QED) is 0.349. The molecule has 1 heterocycles. The molecule has 178 valence electrons. The van der Waals surface area contributed by atoms with Gasteiger partial charge in [-0.15, -0.1) is 0 Å². The van der Waals surface area contributed by atoms with Crippen molar-refractivity contribution in [2.24, 2.45) is 5.10 Å². The number of carbonyl (C=O) groups excluding carboxylic acids is 1. The molecule has 1 N–H and O–H groups in total. The Balaban J connectivity index is 1.50. The average Bonchev–Trinajstić information content (AvgIpc) is 2.85. The molecule has 0 saturated carbocycles. The van der Waals surface area contributed by atoms with Crippen LogP contribution in [0.3, 0.4) is 0 Å². The largest absolute Gasteiger partial charge is 0.493 e. The van der Waals surface area contributed by atoms with Gasteiger partial charge in [-0.25, -0.2) is 9.37 Å². The molecule has 4 rings (SSSR count). The Kier molecular flexibility index (Phi) is 7.21. The molecule has 0 atom stereocenters. The minimum absolute atomic E-state index is 0.0701. The van der Waals surface area contributed by atoms with Crippen LogP contribution in [-0.4, -0.2) is 35.5 Å². The van der Waals surface area contributed by atoms with Gasteiger partial charge in [0.1, 0.15) is 11.6 Å². The van der Waals surface area contributed by atoms with E-state index >= 15 is 0 Å². The predicted octanol–water partition coefficient (Wildman–Crippen LogP) is 4.51. The summed E-state index contributed by atoms with van der Waals surface area (Å²) >= 11 is 3.37.